The normalized spacial score (nSPS) is 15.1. The Morgan fingerprint density at radius 1 is 1.29 bits per heavy atom. The van der Waals surface area contributed by atoms with E-state index in [0.29, 0.717) is 5.57 Å². The van der Waals surface area contributed by atoms with Crippen molar-refractivity contribution in [2.75, 3.05) is 0 Å². The average molecular weight is 216 g/mol. The molecule has 0 spiro atoms. The van der Waals surface area contributed by atoms with Gasteiger partial charge in [-0.3, -0.25) is 4.55 Å². The van der Waals surface area contributed by atoms with E-state index in [1.54, 1.807) is 19.1 Å². The molecule has 0 bridgehead atoms. The number of rotatable bonds is 4. The maximum absolute atomic E-state index is 10.7. The summed E-state index contributed by atoms with van der Waals surface area (Å²) in [5.41, 5.74) is 0.535. The van der Waals surface area contributed by atoms with E-state index in [-0.39, 0.29) is 4.91 Å². The lowest BCUT2D eigenvalue weighted by Gasteiger charge is -1.98. The monoisotopic (exact) mass is 216 g/mol. The molecular formula is C10H16O3S. The molecular weight excluding hydrogens is 200 g/mol. The van der Waals surface area contributed by atoms with Crippen LogP contribution in [0, 0.1) is 0 Å². The fraction of sp³-hybridized carbons (Fsp3) is 0.400. The first kappa shape index (κ1) is 13.1. The Labute approximate surface area is 85.6 Å². The molecule has 14 heavy (non-hydrogen) atoms. The summed E-state index contributed by atoms with van der Waals surface area (Å²) in [4.78, 5) is -0.0151. The van der Waals surface area contributed by atoms with Crippen molar-refractivity contribution >= 4 is 10.1 Å². The molecule has 4 heteroatoms. The van der Waals surface area contributed by atoms with Crippen LogP contribution in [0.15, 0.2) is 34.8 Å². The van der Waals surface area contributed by atoms with Crippen LogP contribution in [0.25, 0.3) is 0 Å². The van der Waals surface area contributed by atoms with Crippen LogP contribution in [-0.2, 0) is 10.1 Å². The van der Waals surface area contributed by atoms with Crippen LogP contribution in [0.2, 0.25) is 0 Å². The Bertz CT molecular complexity index is 359. The Balaban J connectivity index is 4.71. The maximum Gasteiger partial charge on any atom is 0.290 e. The van der Waals surface area contributed by atoms with E-state index >= 15 is 0 Å². The maximum atomic E-state index is 10.7. The Hall–Kier alpha value is -0.870. The molecule has 0 aromatic rings. The van der Waals surface area contributed by atoms with Gasteiger partial charge in [0.25, 0.3) is 10.1 Å². The van der Waals surface area contributed by atoms with Crippen LogP contribution in [0.4, 0.5) is 0 Å². The van der Waals surface area contributed by atoms with Crippen LogP contribution < -0.4 is 0 Å². The summed E-state index contributed by atoms with van der Waals surface area (Å²) in [5, 5.41) is 0. The summed E-state index contributed by atoms with van der Waals surface area (Å²) in [6.45, 7) is 5.02. The highest BCUT2D eigenvalue weighted by Gasteiger charge is 2.09. The summed E-state index contributed by atoms with van der Waals surface area (Å²) in [5.74, 6) is 0. The topological polar surface area (TPSA) is 54.4 Å². The van der Waals surface area contributed by atoms with Crippen molar-refractivity contribution < 1.29 is 13.0 Å². The molecule has 0 aliphatic rings. The lowest BCUT2D eigenvalue weighted by Crippen LogP contribution is -1.99. The zero-order chi connectivity index (χ0) is 11.2. The van der Waals surface area contributed by atoms with E-state index < -0.39 is 10.1 Å². The molecule has 0 saturated carbocycles. The third kappa shape index (κ3) is 4.99. The molecule has 0 amide bonds. The lowest BCUT2D eigenvalue weighted by atomic mass is 10.2. The highest BCUT2D eigenvalue weighted by Crippen LogP contribution is 2.10. The predicted molar refractivity (Wildman–Crippen MR) is 58.5 cm³/mol. The highest BCUT2D eigenvalue weighted by atomic mass is 32.2. The largest absolute Gasteiger partial charge is 0.290 e. The van der Waals surface area contributed by atoms with E-state index in [1.807, 2.05) is 19.1 Å². The zero-order valence-electron chi connectivity index (χ0n) is 8.69. The summed E-state index contributed by atoms with van der Waals surface area (Å²) in [6.07, 6.45) is 8.11. The van der Waals surface area contributed by atoms with Gasteiger partial charge in [-0.05, 0) is 25.8 Å². The van der Waals surface area contributed by atoms with Crippen LogP contribution in [0.1, 0.15) is 27.2 Å². The molecule has 0 heterocycles. The van der Waals surface area contributed by atoms with E-state index in [4.69, 9.17) is 4.55 Å². The molecule has 3 nitrogen and oxygen atoms in total. The van der Waals surface area contributed by atoms with Crippen molar-refractivity contribution in [1.29, 1.82) is 0 Å². The van der Waals surface area contributed by atoms with Gasteiger partial charge in [-0.1, -0.05) is 31.2 Å². The molecule has 0 atom stereocenters. The fourth-order valence-corrected chi connectivity index (χ4v) is 1.21. The Kier molecular flexibility index (Phi) is 5.42. The highest BCUT2D eigenvalue weighted by molar-refractivity contribution is 7.89. The van der Waals surface area contributed by atoms with Crippen molar-refractivity contribution in [3.8, 4) is 0 Å². The van der Waals surface area contributed by atoms with Gasteiger partial charge in [0.1, 0.15) is 0 Å². The predicted octanol–water partition coefficient (Wildman–Crippen LogP) is 2.69. The van der Waals surface area contributed by atoms with Gasteiger partial charge in [0.15, 0.2) is 0 Å². The van der Waals surface area contributed by atoms with Crippen molar-refractivity contribution in [1.82, 2.24) is 0 Å². The fourth-order valence-electron chi connectivity index (χ4n) is 0.735. The summed E-state index contributed by atoms with van der Waals surface area (Å²) < 4.78 is 30.1. The molecule has 0 radical (unpaired) electrons. The van der Waals surface area contributed by atoms with Crippen LogP contribution >= 0.6 is 0 Å². The Morgan fingerprint density at radius 3 is 2.29 bits per heavy atom. The van der Waals surface area contributed by atoms with Crippen LogP contribution in [0.3, 0.4) is 0 Å². The van der Waals surface area contributed by atoms with E-state index in [0.717, 1.165) is 6.42 Å². The summed E-state index contributed by atoms with van der Waals surface area (Å²) >= 11 is 0. The number of hydrogen-bond acceptors (Lipinski definition) is 2. The molecule has 0 fully saturated rings. The average Bonchev–Trinajstić information content (AvgIpc) is 2.09. The second-order valence-corrected chi connectivity index (χ2v) is 4.47. The van der Waals surface area contributed by atoms with Gasteiger partial charge in [0.05, 0.1) is 4.91 Å². The van der Waals surface area contributed by atoms with Crippen molar-refractivity contribution in [2.24, 2.45) is 0 Å². The molecule has 0 saturated heterocycles. The second-order valence-electron chi connectivity index (χ2n) is 2.91. The van der Waals surface area contributed by atoms with Gasteiger partial charge in [0.2, 0.25) is 0 Å². The molecule has 0 aliphatic heterocycles. The quantitative estimate of drug-likeness (QED) is 0.580. The molecule has 1 N–H and O–H groups in total. The standard InChI is InChI=1S/C10H16O3S/c1-4-5-6-7-8-9(2)10(3)14(11,12)13/h5-8H,4H2,1-3H3,(H,11,12,13). The van der Waals surface area contributed by atoms with Gasteiger partial charge >= 0.3 is 0 Å². The van der Waals surface area contributed by atoms with Crippen molar-refractivity contribution in [3.63, 3.8) is 0 Å². The Morgan fingerprint density at radius 2 is 1.86 bits per heavy atom. The molecule has 0 rings (SSSR count). The first-order chi connectivity index (χ1) is 6.39. The minimum Gasteiger partial charge on any atom is -0.282 e. The van der Waals surface area contributed by atoms with Gasteiger partial charge < -0.3 is 0 Å². The molecule has 0 aromatic heterocycles. The summed E-state index contributed by atoms with van der Waals surface area (Å²) in [6, 6.07) is 0. The number of hydrogen-bond donors (Lipinski definition) is 1. The van der Waals surface area contributed by atoms with Crippen LogP contribution in [0.5, 0.6) is 0 Å². The molecule has 0 unspecified atom stereocenters. The van der Waals surface area contributed by atoms with Gasteiger partial charge in [0, 0.05) is 0 Å². The third-order valence-electron chi connectivity index (χ3n) is 1.77. The molecule has 0 aliphatic carbocycles. The SMILES string of the molecule is CCC=CC=CC(C)=C(C)S(=O)(=O)O. The van der Waals surface area contributed by atoms with E-state index in [9.17, 15) is 8.42 Å². The lowest BCUT2D eigenvalue weighted by molar-refractivity contribution is 0.490. The van der Waals surface area contributed by atoms with Gasteiger partial charge in [-0.2, -0.15) is 8.42 Å². The molecule has 0 aromatic carbocycles. The second kappa shape index (κ2) is 5.78. The van der Waals surface area contributed by atoms with Gasteiger partial charge in [-0.25, -0.2) is 0 Å². The van der Waals surface area contributed by atoms with Crippen molar-refractivity contribution in [2.45, 2.75) is 27.2 Å². The van der Waals surface area contributed by atoms with E-state index in [2.05, 4.69) is 0 Å². The smallest absolute Gasteiger partial charge is 0.282 e. The number of allylic oxidation sites excluding steroid dienone is 6. The first-order valence-electron chi connectivity index (χ1n) is 4.37. The first-order valence-corrected chi connectivity index (χ1v) is 5.81. The minimum atomic E-state index is -4.04. The summed E-state index contributed by atoms with van der Waals surface area (Å²) in [7, 11) is -4.04. The molecule has 80 valence electrons. The van der Waals surface area contributed by atoms with Crippen LogP contribution in [-0.4, -0.2) is 13.0 Å². The van der Waals surface area contributed by atoms with Gasteiger partial charge in [-0.15, -0.1) is 0 Å². The minimum absolute atomic E-state index is 0.0151. The van der Waals surface area contributed by atoms with E-state index in [1.165, 1.54) is 6.92 Å². The van der Waals surface area contributed by atoms with Crippen molar-refractivity contribution in [3.05, 3.63) is 34.8 Å². The zero-order valence-corrected chi connectivity index (χ0v) is 9.50. The third-order valence-corrected chi connectivity index (χ3v) is 2.87.